The van der Waals surface area contributed by atoms with E-state index in [1.54, 1.807) is 12.1 Å². The molecule has 1 amide bonds. The molecule has 4 heterocycles. The molecule has 0 bridgehead atoms. The maximum absolute atomic E-state index is 13.7. The van der Waals surface area contributed by atoms with Gasteiger partial charge >= 0.3 is 0 Å². The number of piperidine rings is 1. The molecule has 2 saturated heterocycles. The summed E-state index contributed by atoms with van der Waals surface area (Å²) in [6.45, 7) is 8.63. The fraction of sp³-hybridized carbons (Fsp3) is 0.440. The first-order valence-electron chi connectivity index (χ1n) is 11.4. The predicted octanol–water partition coefficient (Wildman–Crippen LogP) is 4.42. The van der Waals surface area contributed by atoms with Crippen molar-refractivity contribution in [1.29, 1.82) is 0 Å². The van der Waals surface area contributed by atoms with Crippen LogP contribution in [0.4, 0.5) is 10.2 Å². The third-order valence-electron chi connectivity index (χ3n) is 6.76. The van der Waals surface area contributed by atoms with Crippen LogP contribution in [-0.4, -0.2) is 66.5 Å². The number of rotatable bonds is 4. The highest BCUT2D eigenvalue weighted by molar-refractivity contribution is 7.21. The monoisotopic (exact) mass is 452 g/mol. The van der Waals surface area contributed by atoms with Gasteiger partial charge in [0.2, 0.25) is 0 Å². The molecule has 2 aliphatic heterocycles. The van der Waals surface area contributed by atoms with E-state index in [0.717, 1.165) is 78.6 Å². The number of anilines is 1. The van der Waals surface area contributed by atoms with Gasteiger partial charge in [-0.15, -0.1) is 11.3 Å². The van der Waals surface area contributed by atoms with Gasteiger partial charge in [0.1, 0.15) is 11.6 Å². The highest BCUT2D eigenvalue weighted by Crippen LogP contribution is 2.33. The van der Waals surface area contributed by atoms with Gasteiger partial charge in [0.05, 0.1) is 4.88 Å². The zero-order valence-electron chi connectivity index (χ0n) is 18.5. The Kier molecular flexibility index (Phi) is 6.11. The molecule has 5 rings (SSSR count). The number of carbonyl (C=O) groups is 1. The number of benzene rings is 1. The molecule has 0 saturated carbocycles. The second kappa shape index (κ2) is 9.16. The van der Waals surface area contributed by atoms with Gasteiger partial charge in [-0.1, -0.05) is 6.07 Å². The van der Waals surface area contributed by atoms with E-state index in [-0.39, 0.29) is 11.7 Å². The summed E-state index contributed by atoms with van der Waals surface area (Å²) >= 11 is 1.49. The van der Waals surface area contributed by atoms with Crippen molar-refractivity contribution in [3.05, 3.63) is 58.9 Å². The highest BCUT2D eigenvalue weighted by Gasteiger charge is 2.29. The van der Waals surface area contributed by atoms with E-state index in [0.29, 0.717) is 5.92 Å². The Morgan fingerprint density at radius 3 is 2.78 bits per heavy atom. The predicted molar refractivity (Wildman–Crippen MR) is 128 cm³/mol. The lowest BCUT2D eigenvalue weighted by atomic mass is 9.96. The Hall–Kier alpha value is -2.51. The number of hydrogen-bond donors (Lipinski definition) is 0. The fourth-order valence-electron chi connectivity index (χ4n) is 5.00. The van der Waals surface area contributed by atoms with E-state index in [9.17, 15) is 9.18 Å². The molecule has 2 aliphatic rings. The summed E-state index contributed by atoms with van der Waals surface area (Å²) in [5, 5.41) is 0.859. The van der Waals surface area contributed by atoms with Gasteiger partial charge in [-0.2, -0.15) is 0 Å². The number of nitrogens with zero attached hydrogens (tertiary/aromatic N) is 4. The minimum atomic E-state index is -0.251. The van der Waals surface area contributed by atoms with Crippen molar-refractivity contribution in [2.24, 2.45) is 5.92 Å². The standard InChI is InChI=1S/C25H29FN4OS/c1-18-21-15-20(26)7-8-22(21)32-24(18)25(31)30-10-4-5-19(17-30)16-28-11-13-29(14-12-28)23-6-2-3-9-27-23/h2-3,6-9,15,19H,4-5,10-14,16-17H2,1H3. The van der Waals surface area contributed by atoms with E-state index in [1.165, 1.54) is 23.8 Å². The van der Waals surface area contributed by atoms with Gasteiger partial charge in [-0.3, -0.25) is 9.69 Å². The smallest absolute Gasteiger partial charge is 0.264 e. The van der Waals surface area contributed by atoms with Crippen LogP contribution in [-0.2, 0) is 0 Å². The van der Waals surface area contributed by atoms with Crippen molar-refractivity contribution >= 4 is 33.1 Å². The molecular weight excluding hydrogens is 423 g/mol. The van der Waals surface area contributed by atoms with Crippen LogP contribution in [0.1, 0.15) is 28.1 Å². The minimum Gasteiger partial charge on any atom is -0.354 e. The lowest BCUT2D eigenvalue weighted by molar-refractivity contribution is 0.0641. The topological polar surface area (TPSA) is 39.7 Å². The molecule has 0 aliphatic carbocycles. The largest absolute Gasteiger partial charge is 0.354 e. The van der Waals surface area contributed by atoms with Crippen LogP contribution in [0.15, 0.2) is 42.6 Å². The normalized spacial score (nSPS) is 20.1. The van der Waals surface area contributed by atoms with Crippen molar-refractivity contribution in [2.75, 3.05) is 50.7 Å². The number of pyridine rings is 1. The van der Waals surface area contributed by atoms with Crippen LogP contribution in [0.2, 0.25) is 0 Å². The average Bonchev–Trinajstić information content (AvgIpc) is 3.15. The second-order valence-electron chi connectivity index (χ2n) is 8.93. The fourth-order valence-corrected chi connectivity index (χ4v) is 6.16. The van der Waals surface area contributed by atoms with E-state index < -0.39 is 0 Å². The van der Waals surface area contributed by atoms with Crippen LogP contribution in [0.3, 0.4) is 0 Å². The van der Waals surface area contributed by atoms with E-state index in [1.807, 2.05) is 30.2 Å². The number of aromatic nitrogens is 1. The SMILES string of the molecule is Cc1c(C(=O)N2CCCC(CN3CCN(c4ccccn4)CC3)C2)sc2ccc(F)cc12. The molecular formula is C25H29FN4OS. The summed E-state index contributed by atoms with van der Waals surface area (Å²) < 4.78 is 14.7. The minimum absolute atomic E-state index is 0.105. The first-order chi connectivity index (χ1) is 15.6. The van der Waals surface area contributed by atoms with Crippen molar-refractivity contribution in [3.8, 4) is 0 Å². The van der Waals surface area contributed by atoms with Crippen LogP contribution in [0, 0.1) is 18.7 Å². The molecule has 1 aromatic carbocycles. The first kappa shape index (κ1) is 21.3. The van der Waals surface area contributed by atoms with Gasteiger partial charge < -0.3 is 9.80 Å². The zero-order valence-corrected chi connectivity index (χ0v) is 19.3. The van der Waals surface area contributed by atoms with Crippen LogP contribution in [0.5, 0.6) is 0 Å². The number of hydrogen-bond acceptors (Lipinski definition) is 5. The summed E-state index contributed by atoms with van der Waals surface area (Å²) in [5.41, 5.74) is 0.905. The van der Waals surface area contributed by atoms with Crippen molar-refractivity contribution in [3.63, 3.8) is 0 Å². The van der Waals surface area contributed by atoms with Crippen LogP contribution >= 0.6 is 11.3 Å². The Balaban J connectivity index is 1.20. The molecule has 7 heteroatoms. The summed E-state index contributed by atoms with van der Waals surface area (Å²) in [4.78, 5) is 25.5. The lowest BCUT2D eigenvalue weighted by Gasteiger charge is -2.39. The van der Waals surface area contributed by atoms with Gasteiger partial charge in [-0.05, 0) is 67.0 Å². The maximum Gasteiger partial charge on any atom is 0.264 e. The van der Waals surface area contributed by atoms with Gasteiger partial charge in [0.15, 0.2) is 0 Å². The van der Waals surface area contributed by atoms with E-state index >= 15 is 0 Å². The van der Waals surface area contributed by atoms with Crippen molar-refractivity contribution in [1.82, 2.24) is 14.8 Å². The first-order valence-corrected chi connectivity index (χ1v) is 12.3. The second-order valence-corrected chi connectivity index (χ2v) is 9.98. The molecule has 0 N–H and O–H groups in total. The Morgan fingerprint density at radius 1 is 1.16 bits per heavy atom. The number of halogens is 1. The summed E-state index contributed by atoms with van der Waals surface area (Å²) in [6.07, 6.45) is 4.06. The number of fused-ring (bicyclic) bond motifs is 1. The molecule has 2 fully saturated rings. The lowest BCUT2D eigenvalue weighted by Crippen LogP contribution is -2.50. The van der Waals surface area contributed by atoms with E-state index in [4.69, 9.17) is 0 Å². The van der Waals surface area contributed by atoms with Crippen LogP contribution in [0.25, 0.3) is 10.1 Å². The average molecular weight is 453 g/mol. The molecule has 0 spiro atoms. The van der Waals surface area contributed by atoms with Crippen molar-refractivity contribution < 1.29 is 9.18 Å². The molecule has 168 valence electrons. The van der Waals surface area contributed by atoms with Gasteiger partial charge in [-0.25, -0.2) is 9.37 Å². The number of amides is 1. The third-order valence-corrected chi connectivity index (χ3v) is 8.02. The number of aryl methyl sites for hydroxylation is 1. The number of carbonyl (C=O) groups excluding carboxylic acids is 1. The molecule has 1 atom stereocenters. The van der Waals surface area contributed by atoms with Crippen molar-refractivity contribution in [2.45, 2.75) is 19.8 Å². The Labute approximate surface area is 192 Å². The number of thiophene rings is 1. The summed E-state index contributed by atoms with van der Waals surface area (Å²) in [5.74, 6) is 1.41. The molecule has 5 nitrogen and oxygen atoms in total. The molecule has 2 aromatic heterocycles. The quantitative estimate of drug-likeness (QED) is 0.588. The van der Waals surface area contributed by atoms with E-state index in [2.05, 4.69) is 20.9 Å². The Morgan fingerprint density at radius 2 is 2.00 bits per heavy atom. The van der Waals surface area contributed by atoms with Gasteiger partial charge in [0, 0.05) is 56.7 Å². The molecule has 1 unspecified atom stereocenters. The summed E-state index contributed by atoms with van der Waals surface area (Å²) in [6, 6.07) is 10.9. The highest BCUT2D eigenvalue weighted by atomic mass is 32.1. The summed E-state index contributed by atoms with van der Waals surface area (Å²) in [7, 11) is 0. The number of likely N-dealkylation sites (tertiary alicyclic amines) is 1. The maximum atomic E-state index is 13.7. The van der Waals surface area contributed by atoms with Crippen LogP contribution < -0.4 is 4.90 Å². The number of piperazine rings is 1. The molecule has 0 radical (unpaired) electrons. The third kappa shape index (κ3) is 4.36. The molecule has 3 aromatic rings. The molecule has 32 heavy (non-hydrogen) atoms. The zero-order chi connectivity index (χ0) is 22.1. The Bertz CT molecular complexity index is 1090. The van der Waals surface area contributed by atoms with Gasteiger partial charge in [0.25, 0.3) is 5.91 Å².